The molecule has 0 spiro atoms. The fraction of sp³-hybridized carbons (Fsp3) is 0.308. The van der Waals surface area contributed by atoms with Crippen LogP contribution in [0.3, 0.4) is 0 Å². The van der Waals surface area contributed by atoms with Crippen molar-refractivity contribution in [3.63, 3.8) is 0 Å². The highest BCUT2D eigenvalue weighted by atomic mass is 16.2. The van der Waals surface area contributed by atoms with Crippen LogP contribution < -0.4 is 20.9 Å². The van der Waals surface area contributed by atoms with E-state index in [0.29, 0.717) is 13.1 Å². The van der Waals surface area contributed by atoms with Gasteiger partial charge >= 0.3 is 12.1 Å². The van der Waals surface area contributed by atoms with Crippen molar-refractivity contribution < 1.29 is 9.59 Å². The molecule has 1 heterocycles. The van der Waals surface area contributed by atoms with Crippen molar-refractivity contribution in [2.75, 3.05) is 48.3 Å². The highest BCUT2D eigenvalue weighted by Gasteiger charge is 2.21. The molecule has 4 amide bonds. The number of hydrogen-bond acceptors (Lipinski definition) is 3. The Balaban J connectivity index is 1.29. The number of carbonyl (C=O) groups excluding carboxylic acids is 2. The molecule has 4 rings (SSSR count). The third-order valence-electron chi connectivity index (χ3n) is 5.90. The van der Waals surface area contributed by atoms with Crippen LogP contribution in [0.5, 0.6) is 0 Å². The highest BCUT2D eigenvalue weighted by Crippen LogP contribution is 2.24. The summed E-state index contributed by atoms with van der Waals surface area (Å²) in [5.41, 5.74) is 2.59. The Hall–Kier alpha value is -3.74. The number of rotatable bonds is 6. The molecule has 1 fully saturated rings. The normalized spacial score (nSPS) is 13.6. The maximum absolute atomic E-state index is 12.5. The molecule has 0 unspecified atom stereocenters. The molecule has 1 aliphatic heterocycles. The molecule has 0 aliphatic carbocycles. The van der Waals surface area contributed by atoms with Gasteiger partial charge in [0, 0.05) is 49.5 Å². The Labute approximate surface area is 194 Å². The van der Waals surface area contributed by atoms with Gasteiger partial charge < -0.3 is 25.8 Å². The zero-order chi connectivity index (χ0) is 23.0. The van der Waals surface area contributed by atoms with Crippen molar-refractivity contribution in [2.24, 2.45) is 0 Å². The molecular weight excluding hydrogens is 414 g/mol. The van der Waals surface area contributed by atoms with E-state index in [4.69, 9.17) is 0 Å². The number of piperazine rings is 1. The number of benzene rings is 3. The first kappa shape index (κ1) is 22.5. The van der Waals surface area contributed by atoms with Crippen LogP contribution >= 0.6 is 0 Å². The van der Waals surface area contributed by atoms with E-state index in [1.165, 1.54) is 0 Å². The van der Waals surface area contributed by atoms with Crippen LogP contribution in [0.1, 0.15) is 19.8 Å². The van der Waals surface area contributed by atoms with Gasteiger partial charge in [-0.2, -0.15) is 0 Å². The van der Waals surface area contributed by atoms with Gasteiger partial charge in [0.25, 0.3) is 0 Å². The molecule has 7 nitrogen and oxygen atoms in total. The first-order valence-corrected chi connectivity index (χ1v) is 11.6. The molecule has 1 saturated heterocycles. The Morgan fingerprint density at radius 3 is 2.33 bits per heavy atom. The van der Waals surface area contributed by atoms with E-state index < -0.39 is 0 Å². The second kappa shape index (κ2) is 10.7. The molecule has 0 bridgehead atoms. The molecule has 1 aliphatic rings. The summed E-state index contributed by atoms with van der Waals surface area (Å²) in [4.78, 5) is 28.9. The van der Waals surface area contributed by atoms with Crippen LogP contribution in [0.4, 0.5) is 26.7 Å². The predicted molar refractivity (Wildman–Crippen MR) is 135 cm³/mol. The topological polar surface area (TPSA) is 76.7 Å². The summed E-state index contributed by atoms with van der Waals surface area (Å²) in [5, 5.41) is 10.9. The average Bonchev–Trinajstić information content (AvgIpc) is 2.85. The smallest absolute Gasteiger partial charge is 0.323 e. The summed E-state index contributed by atoms with van der Waals surface area (Å²) in [7, 11) is 0. The van der Waals surface area contributed by atoms with Crippen molar-refractivity contribution in [2.45, 2.75) is 19.8 Å². The van der Waals surface area contributed by atoms with E-state index in [0.717, 1.165) is 60.3 Å². The van der Waals surface area contributed by atoms with E-state index in [2.05, 4.69) is 27.8 Å². The molecule has 172 valence electrons. The van der Waals surface area contributed by atoms with Gasteiger partial charge in [-0.05, 0) is 42.1 Å². The summed E-state index contributed by atoms with van der Waals surface area (Å²) in [6.45, 7) is 5.82. The van der Waals surface area contributed by atoms with E-state index >= 15 is 0 Å². The van der Waals surface area contributed by atoms with Gasteiger partial charge in [-0.15, -0.1) is 0 Å². The van der Waals surface area contributed by atoms with E-state index in [1.807, 2.05) is 71.6 Å². The second-order valence-electron chi connectivity index (χ2n) is 8.21. The molecule has 0 aromatic heterocycles. The maximum Gasteiger partial charge on any atom is 0.323 e. The largest absolute Gasteiger partial charge is 0.368 e. The van der Waals surface area contributed by atoms with Crippen LogP contribution in [0, 0.1) is 0 Å². The van der Waals surface area contributed by atoms with Crippen LogP contribution in [-0.4, -0.2) is 49.7 Å². The summed E-state index contributed by atoms with van der Waals surface area (Å²) >= 11 is 0. The summed E-state index contributed by atoms with van der Waals surface area (Å²) < 4.78 is 0. The van der Waals surface area contributed by atoms with Gasteiger partial charge in [0.1, 0.15) is 0 Å². The fourth-order valence-electron chi connectivity index (χ4n) is 4.03. The summed E-state index contributed by atoms with van der Waals surface area (Å²) in [6, 6.07) is 21.4. The van der Waals surface area contributed by atoms with Gasteiger partial charge in [-0.3, -0.25) is 0 Å². The number of nitrogens with one attached hydrogen (secondary N) is 3. The van der Waals surface area contributed by atoms with E-state index in [9.17, 15) is 9.59 Å². The summed E-state index contributed by atoms with van der Waals surface area (Å²) in [5.74, 6) is 0. The van der Waals surface area contributed by atoms with Crippen molar-refractivity contribution in [3.05, 3.63) is 66.7 Å². The monoisotopic (exact) mass is 445 g/mol. The molecule has 0 atom stereocenters. The number of nitrogens with zero attached hydrogens (tertiary/aromatic N) is 2. The summed E-state index contributed by atoms with van der Waals surface area (Å²) in [6.07, 6.45) is 2.08. The highest BCUT2D eigenvalue weighted by molar-refractivity contribution is 6.06. The zero-order valence-corrected chi connectivity index (χ0v) is 19.0. The average molecular weight is 446 g/mol. The lowest BCUT2D eigenvalue weighted by atomic mass is 10.1. The number of urea groups is 2. The van der Waals surface area contributed by atoms with Crippen molar-refractivity contribution in [3.8, 4) is 0 Å². The van der Waals surface area contributed by atoms with Crippen LogP contribution in [0.15, 0.2) is 66.7 Å². The van der Waals surface area contributed by atoms with Gasteiger partial charge in [-0.1, -0.05) is 49.7 Å². The molecular formula is C26H31N5O2. The molecule has 3 aromatic carbocycles. The third kappa shape index (κ3) is 5.74. The predicted octanol–water partition coefficient (Wildman–Crippen LogP) is 5.12. The number of hydrogen-bond donors (Lipinski definition) is 3. The Bertz CT molecular complexity index is 1090. The lowest BCUT2D eigenvalue weighted by Gasteiger charge is -2.36. The minimum Gasteiger partial charge on any atom is -0.368 e. The van der Waals surface area contributed by atoms with Crippen LogP contribution in [-0.2, 0) is 0 Å². The van der Waals surface area contributed by atoms with Crippen molar-refractivity contribution in [1.29, 1.82) is 0 Å². The second-order valence-corrected chi connectivity index (χ2v) is 8.21. The SMILES string of the molecule is CCCCNC(=O)N1CCN(c2ccc(NC(=O)Nc3cccc4ccccc34)cc2)CC1. The quantitative estimate of drug-likeness (QED) is 0.461. The zero-order valence-electron chi connectivity index (χ0n) is 19.0. The van der Waals surface area contributed by atoms with Crippen molar-refractivity contribution >= 4 is 39.9 Å². The fourth-order valence-corrected chi connectivity index (χ4v) is 4.03. The lowest BCUT2D eigenvalue weighted by Crippen LogP contribution is -2.52. The third-order valence-corrected chi connectivity index (χ3v) is 5.90. The Kier molecular flexibility index (Phi) is 7.29. The minimum atomic E-state index is -0.276. The standard InChI is InChI=1S/C26H31N5O2/c1-2-3-15-27-26(33)31-18-16-30(17-19-31)22-13-11-21(12-14-22)28-25(32)29-24-10-6-8-20-7-4-5-9-23(20)24/h4-14H,2-3,15-19H2,1H3,(H,27,33)(H2,28,29,32). The van der Waals surface area contributed by atoms with E-state index in [-0.39, 0.29) is 12.1 Å². The first-order chi connectivity index (χ1) is 16.1. The van der Waals surface area contributed by atoms with Crippen LogP contribution in [0.25, 0.3) is 10.8 Å². The van der Waals surface area contributed by atoms with Gasteiger partial charge in [0.05, 0.1) is 5.69 Å². The number of fused-ring (bicyclic) bond motifs is 1. The number of carbonyl (C=O) groups is 2. The molecule has 33 heavy (non-hydrogen) atoms. The van der Waals surface area contributed by atoms with Crippen LogP contribution in [0.2, 0.25) is 0 Å². The number of anilines is 3. The number of unbranched alkanes of at least 4 members (excludes halogenated alkanes) is 1. The maximum atomic E-state index is 12.5. The van der Waals surface area contributed by atoms with Gasteiger partial charge in [-0.25, -0.2) is 9.59 Å². The molecule has 3 aromatic rings. The first-order valence-electron chi connectivity index (χ1n) is 11.6. The lowest BCUT2D eigenvalue weighted by molar-refractivity contribution is 0.194. The molecule has 0 radical (unpaired) electrons. The van der Waals surface area contributed by atoms with Gasteiger partial charge in [0.15, 0.2) is 0 Å². The molecule has 0 saturated carbocycles. The Morgan fingerprint density at radius 2 is 1.58 bits per heavy atom. The Morgan fingerprint density at radius 1 is 0.848 bits per heavy atom. The van der Waals surface area contributed by atoms with E-state index in [1.54, 1.807) is 0 Å². The number of amides is 4. The van der Waals surface area contributed by atoms with Gasteiger partial charge in [0.2, 0.25) is 0 Å². The molecule has 3 N–H and O–H groups in total. The minimum absolute atomic E-state index is 0.0276. The molecule has 7 heteroatoms. The van der Waals surface area contributed by atoms with Crippen molar-refractivity contribution in [1.82, 2.24) is 10.2 Å².